The van der Waals surface area contributed by atoms with Gasteiger partial charge in [-0.3, -0.25) is 0 Å². The molecule has 0 radical (unpaired) electrons. The second kappa shape index (κ2) is 7.51. The van der Waals surface area contributed by atoms with Crippen LogP contribution in [0.4, 0.5) is 0 Å². The first kappa shape index (κ1) is 19.1. The molecule has 0 heterocycles. The molecule has 1 aliphatic carbocycles. The maximum Gasteiger partial charge on any atom is 0.0719 e. The van der Waals surface area contributed by atoms with Crippen LogP contribution in [0.15, 0.2) is 127 Å². The van der Waals surface area contributed by atoms with Gasteiger partial charge in [-0.1, -0.05) is 127 Å². The summed E-state index contributed by atoms with van der Waals surface area (Å²) < 4.78 is 0. The Bertz CT molecular complexity index is 1390. The minimum atomic E-state index is -0.409. The van der Waals surface area contributed by atoms with E-state index in [0.717, 1.165) is 10.6 Å². The molecule has 0 saturated carbocycles. The fourth-order valence-electron chi connectivity index (χ4n) is 5.40. The van der Waals surface area contributed by atoms with E-state index in [-0.39, 0.29) is 0 Å². The van der Waals surface area contributed by atoms with Gasteiger partial charge in [-0.05, 0) is 56.6 Å². The van der Waals surface area contributed by atoms with E-state index in [1.807, 2.05) is 12.1 Å². The normalized spacial score (nSPS) is 13.4. The van der Waals surface area contributed by atoms with E-state index in [1.54, 1.807) is 0 Å². The molecule has 0 spiro atoms. The number of rotatable bonds is 3. The van der Waals surface area contributed by atoms with E-state index in [2.05, 4.69) is 115 Å². The summed E-state index contributed by atoms with van der Waals surface area (Å²) in [6.45, 7) is 0. The maximum absolute atomic E-state index is 6.42. The van der Waals surface area contributed by atoms with E-state index in [9.17, 15) is 0 Å². The number of halogens is 1. The van der Waals surface area contributed by atoms with Gasteiger partial charge in [0.2, 0.25) is 0 Å². The Morgan fingerprint density at radius 3 is 1.53 bits per heavy atom. The molecular formula is C31H21Cl. The summed E-state index contributed by atoms with van der Waals surface area (Å²) in [5, 5.41) is 0.748. The van der Waals surface area contributed by atoms with Crippen LogP contribution in [0, 0.1) is 0 Å². The molecule has 0 atom stereocenters. The highest BCUT2D eigenvalue weighted by Gasteiger charge is 2.46. The van der Waals surface area contributed by atoms with E-state index in [0.29, 0.717) is 0 Å². The number of fused-ring (bicyclic) bond motifs is 3. The molecule has 152 valence electrons. The zero-order valence-electron chi connectivity index (χ0n) is 17.5. The van der Waals surface area contributed by atoms with Crippen molar-refractivity contribution in [3.63, 3.8) is 0 Å². The summed E-state index contributed by atoms with van der Waals surface area (Å²) >= 11 is 6.42. The molecule has 0 unspecified atom stereocenters. The molecule has 1 heteroatoms. The third-order valence-corrected chi connectivity index (χ3v) is 6.86. The van der Waals surface area contributed by atoms with Crippen molar-refractivity contribution in [2.24, 2.45) is 0 Å². The highest BCUT2D eigenvalue weighted by atomic mass is 35.5. The molecule has 32 heavy (non-hydrogen) atoms. The highest BCUT2D eigenvalue weighted by Crippen LogP contribution is 2.57. The lowest BCUT2D eigenvalue weighted by atomic mass is 9.66. The van der Waals surface area contributed by atoms with E-state index < -0.39 is 5.41 Å². The van der Waals surface area contributed by atoms with Gasteiger partial charge in [0.05, 0.1) is 5.41 Å². The minimum Gasteiger partial charge on any atom is -0.0843 e. The van der Waals surface area contributed by atoms with Gasteiger partial charge in [0.15, 0.2) is 0 Å². The molecule has 0 bridgehead atoms. The topological polar surface area (TPSA) is 0 Å². The lowest BCUT2D eigenvalue weighted by Gasteiger charge is -2.35. The fourth-order valence-corrected chi connectivity index (χ4v) is 5.59. The zero-order valence-corrected chi connectivity index (χ0v) is 18.3. The first-order valence-electron chi connectivity index (χ1n) is 10.9. The molecule has 5 aromatic rings. The van der Waals surface area contributed by atoms with E-state index in [4.69, 9.17) is 11.6 Å². The Morgan fingerprint density at radius 2 is 0.938 bits per heavy atom. The van der Waals surface area contributed by atoms with Crippen molar-refractivity contribution in [1.29, 1.82) is 0 Å². The average molecular weight is 429 g/mol. The van der Waals surface area contributed by atoms with Crippen molar-refractivity contribution in [3.8, 4) is 22.3 Å². The molecule has 6 rings (SSSR count). The Morgan fingerprint density at radius 1 is 0.438 bits per heavy atom. The van der Waals surface area contributed by atoms with Crippen molar-refractivity contribution in [3.05, 3.63) is 155 Å². The van der Waals surface area contributed by atoms with Crippen LogP contribution in [0.2, 0.25) is 5.02 Å². The van der Waals surface area contributed by atoms with Crippen LogP contribution in [0.25, 0.3) is 22.3 Å². The summed E-state index contributed by atoms with van der Waals surface area (Å²) in [7, 11) is 0. The van der Waals surface area contributed by atoms with Crippen LogP contribution < -0.4 is 0 Å². The summed E-state index contributed by atoms with van der Waals surface area (Å²) in [6, 6.07) is 45.5. The van der Waals surface area contributed by atoms with Crippen molar-refractivity contribution in [2.45, 2.75) is 5.41 Å². The predicted molar refractivity (Wildman–Crippen MR) is 134 cm³/mol. The van der Waals surface area contributed by atoms with Crippen molar-refractivity contribution < 1.29 is 0 Å². The molecular weight excluding hydrogens is 408 g/mol. The Labute approximate surface area is 193 Å². The van der Waals surface area contributed by atoms with Gasteiger partial charge in [-0.2, -0.15) is 0 Å². The van der Waals surface area contributed by atoms with Crippen LogP contribution in [-0.4, -0.2) is 0 Å². The van der Waals surface area contributed by atoms with Crippen LogP contribution in [0.3, 0.4) is 0 Å². The summed E-state index contributed by atoms with van der Waals surface area (Å²) in [6.07, 6.45) is 0. The largest absolute Gasteiger partial charge is 0.0843 e. The van der Waals surface area contributed by atoms with Gasteiger partial charge in [-0.25, -0.2) is 0 Å². The number of hydrogen-bond donors (Lipinski definition) is 0. The van der Waals surface area contributed by atoms with Crippen LogP contribution in [0.1, 0.15) is 22.3 Å². The average Bonchev–Trinajstić information content (AvgIpc) is 3.16. The number of benzene rings is 5. The maximum atomic E-state index is 6.42. The van der Waals surface area contributed by atoms with Crippen molar-refractivity contribution >= 4 is 11.6 Å². The SMILES string of the molecule is Clc1cccc(-c2ccccc2C2(c3ccccc3)c3ccccc3-c3ccccc32)c1. The molecule has 0 fully saturated rings. The summed E-state index contributed by atoms with van der Waals surface area (Å²) in [5.41, 5.74) is 9.70. The van der Waals surface area contributed by atoms with E-state index >= 15 is 0 Å². The monoisotopic (exact) mass is 428 g/mol. The first-order valence-corrected chi connectivity index (χ1v) is 11.3. The fraction of sp³-hybridized carbons (Fsp3) is 0.0323. The quantitative estimate of drug-likeness (QED) is 0.265. The van der Waals surface area contributed by atoms with Crippen molar-refractivity contribution in [1.82, 2.24) is 0 Å². The molecule has 0 aromatic heterocycles. The van der Waals surface area contributed by atoms with Crippen molar-refractivity contribution in [2.75, 3.05) is 0 Å². The third kappa shape index (κ3) is 2.70. The van der Waals surface area contributed by atoms with Gasteiger partial charge in [-0.15, -0.1) is 0 Å². The van der Waals surface area contributed by atoms with Gasteiger partial charge < -0.3 is 0 Å². The second-order valence-electron chi connectivity index (χ2n) is 8.26. The molecule has 1 aliphatic rings. The standard InChI is InChI=1S/C31H21Cl/c32-24-14-10-11-22(21-24)25-15-4-7-18-28(25)31(23-12-2-1-3-13-23)29-19-8-5-16-26(29)27-17-6-9-20-30(27)31/h1-21H. The molecule has 0 amide bonds. The number of hydrogen-bond acceptors (Lipinski definition) is 0. The smallest absolute Gasteiger partial charge is 0.0719 e. The van der Waals surface area contributed by atoms with Gasteiger partial charge >= 0.3 is 0 Å². The first-order chi connectivity index (χ1) is 15.8. The van der Waals surface area contributed by atoms with Gasteiger partial charge in [0.1, 0.15) is 0 Å². The Kier molecular flexibility index (Phi) is 4.48. The van der Waals surface area contributed by atoms with E-state index in [1.165, 1.54) is 38.9 Å². The van der Waals surface area contributed by atoms with Crippen LogP contribution in [0.5, 0.6) is 0 Å². The molecule has 0 saturated heterocycles. The third-order valence-electron chi connectivity index (χ3n) is 6.63. The predicted octanol–water partition coefficient (Wildman–Crippen LogP) is 8.37. The lowest BCUT2D eigenvalue weighted by Crippen LogP contribution is -2.29. The Hall–Kier alpha value is -3.61. The zero-order chi connectivity index (χ0) is 21.5. The van der Waals surface area contributed by atoms with Crippen LogP contribution >= 0.6 is 11.6 Å². The summed E-state index contributed by atoms with van der Waals surface area (Å²) in [5.74, 6) is 0. The second-order valence-corrected chi connectivity index (χ2v) is 8.70. The van der Waals surface area contributed by atoms with Crippen LogP contribution in [-0.2, 0) is 5.41 Å². The Balaban J connectivity index is 1.79. The summed E-state index contributed by atoms with van der Waals surface area (Å²) in [4.78, 5) is 0. The molecule has 0 aliphatic heterocycles. The molecule has 5 aromatic carbocycles. The highest BCUT2D eigenvalue weighted by molar-refractivity contribution is 6.30. The van der Waals surface area contributed by atoms with Gasteiger partial charge in [0, 0.05) is 5.02 Å². The molecule has 0 N–H and O–H groups in total. The molecule has 0 nitrogen and oxygen atoms in total. The minimum absolute atomic E-state index is 0.409. The lowest BCUT2D eigenvalue weighted by molar-refractivity contribution is 0.770. The van der Waals surface area contributed by atoms with Gasteiger partial charge in [0.25, 0.3) is 0 Å².